The maximum atomic E-state index is 6.03. The van der Waals surface area contributed by atoms with Gasteiger partial charge in [-0.25, -0.2) is 6.54 Å². The van der Waals surface area contributed by atoms with Gasteiger partial charge >= 0.3 is 0 Å². The van der Waals surface area contributed by atoms with Crippen molar-refractivity contribution in [1.82, 2.24) is 4.90 Å². The molecule has 1 radical (unpaired) electrons. The Morgan fingerprint density at radius 2 is 2.05 bits per heavy atom. The smallest absolute Gasteiger partial charge is 0.116 e. The van der Waals surface area contributed by atoms with Crippen molar-refractivity contribution in [1.29, 1.82) is 0 Å². The van der Waals surface area contributed by atoms with E-state index in [0.717, 1.165) is 16.7 Å². The number of para-hydroxylation sites is 1. The molecule has 0 aliphatic carbocycles. The number of rotatable bonds is 1. The molecule has 1 unspecified atom stereocenters. The molecule has 20 heavy (non-hydrogen) atoms. The summed E-state index contributed by atoms with van der Waals surface area (Å²) in [4.78, 5) is 2.07. The first-order chi connectivity index (χ1) is 9.33. The van der Waals surface area contributed by atoms with E-state index in [9.17, 15) is 0 Å². The van der Waals surface area contributed by atoms with Crippen LogP contribution >= 0.6 is 0 Å². The molecular weight excluding hydrogens is 426 g/mol. The molecule has 0 amide bonds. The topological polar surface area (TPSA) is 16.4 Å². The van der Waals surface area contributed by atoms with Gasteiger partial charge < -0.3 is 9.32 Å². The predicted molar refractivity (Wildman–Crippen MR) is 76.5 cm³/mol. The third kappa shape index (κ3) is 1.98. The van der Waals surface area contributed by atoms with E-state index in [0.29, 0.717) is 0 Å². The summed E-state index contributed by atoms with van der Waals surface area (Å²) in [7, 11) is 2.04. The van der Waals surface area contributed by atoms with Crippen molar-refractivity contribution in [3.63, 3.8) is 0 Å². The quantitative estimate of drug-likeness (QED) is 0.531. The molecule has 3 aromatic rings. The van der Waals surface area contributed by atoms with Crippen LogP contribution in [0.2, 0.25) is 0 Å². The van der Waals surface area contributed by atoms with Gasteiger partial charge in [0.2, 0.25) is 0 Å². The Balaban J connectivity index is 0.00000121. The molecule has 1 aliphatic heterocycles. The maximum absolute atomic E-state index is 6.03. The van der Waals surface area contributed by atoms with E-state index in [-0.39, 0.29) is 26.0 Å². The molecule has 103 valence electrons. The molecule has 0 saturated heterocycles. The van der Waals surface area contributed by atoms with Crippen LogP contribution in [0.5, 0.6) is 0 Å². The summed E-state index contributed by atoms with van der Waals surface area (Å²) in [6.07, 6.45) is 4.23. The van der Waals surface area contributed by atoms with Gasteiger partial charge in [-0.3, -0.25) is 0 Å². The Hall–Kier alpha value is -1.57. The number of fused-ring (bicyclic) bond motifs is 3. The molecular formula is C17H13IrNO-2. The third-order valence-electron chi connectivity index (χ3n) is 3.62. The average Bonchev–Trinajstić information content (AvgIpc) is 3.02. The van der Waals surface area contributed by atoms with Crippen LogP contribution in [-0.4, -0.2) is 11.9 Å². The summed E-state index contributed by atoms with van der Waals surface area (Å²) in [6.45, 7) is 2.17. The minimum absolute atomic E-state index is 0. The molecule has 3 heteroatoms. The van der Waals surface area contributed by atoms with Crippen LogP contribution in [0, 0.1) is 12.6 Å². The Morgan fingerprint density at radius 3 is 2.85 bits per heavy atom. The van der Waals surface area contributed by atoms with Crippen LogP contribution in [0.15, 0.2) is 53.1 Å². The van der Waals surface area contributed by atoms with Crippen LogP contribution in [0.3, 0.4) is 0 Å². The van der Waals surface area contributed by atoms with Crippen LogP contribution < -0.4 is 0 Å². The van der Waals surface area contributed by atoms with Crippen molar-refractivity contribution in [2.45, 2.75) is 5.92 Å². The zero-order chi connectivity index (χ0) is 12.8. The van der Waals surface area contributed by atoms with Crippen molar-refractivity contribution in [3.05, 3.63) is 66.8 Å². The summed E-state index contributed by atoms with van der Waals surface area (Å²) >= 11 is 0. The largest absolute Gasteiger partial charge is 0.530 e. The number of hydrogen-bond acceptors (Lipinski definition) is 2. The second kappa shape index (κ2) is 5.08. The average molecular weight is 440 g/mol. The van der Waals surface area contributed by atoms with Gasteiger partial charge in [-0.2, -0.15) is 18.2 Å². The van der Waals surface area contributed by atoms with Gasteiger partial charge in [0.25, 0.3) is 0 Å². The monoisotopic (exact) mass is 440 g/mol. The molecule has 2 nitrogen and oxygen atoms in total. The summed E-state index contributed by atoms with van der Waals surface area (Å²) in [5, 5.41) is 2.34. The van der Waals surface area contributed by atoms with E-state index in [2.05, 4.69) is 41.9 Å². The first-order valence-corrected chi connectivity index (χ1v) is 6.40. The molecule has 2 heterocycles. The second-order valence-electron chi connectivity index (χ2n) is 4.91. The van der Waals surface area contributed by atoms with Gasteiger partial charge in [0, 0.05) is 31.1 Å². The Kier molecular flexibility index (Phi) is 3.41. The first-order valence-electron chi connectivity index (χ1n) is 6.40. The fourth-order valence-corrected chi connectivity index (χ4v) is 2.71. The molecule has 0 fully saturated rings. The molecule has 1 atom stereocenters. The second-order valence-corrected chi connectivity index (χ2v) is 4.91. The zero-order valence-electron chi connectivity index (χ0n) is 11.0. The number of nitrogens with zero attached hydrogens (tertiary/aromatic N) is 1. The molecule has 0 bridgehead atoms. The minimum atomic E-state index is 0. The fourth-order valence-electron chi connectivity index (χ4n) is 2.71. The standard InChI is InChI=1S/C17H13NO.Ir/c1-18-10-9-12(11-18)13-6-4-7-15-14-5-2-3-8-16(14)19-17(13)15;/h2-5,7-12H,1H3;/q-2;. The minimum Gasteiger partial charge on any atom is -0.530 e. The van der Waals surface area contributed by atoms with E-state index < -0.39 is 0 Å². The third-order valence-corrected chi connectivity index (χ3v) is 3.62. The molecule has 4 rings (SSSR count). The van der Waals surface area contributed by atoms with Crippen LogP contribution in [0.4, 0.5) is 0 Å². The normalized spacial score (nSPS) is 17.9. The van der Waals surface area contributed by atoms with Gasteiger partial charge in [0.1, 0.15) is 5.58 Å². The van der Waals surface area contributed by atoms with Crippen molar-refractivity contribution >= 4 is 21.9 Å². The van der Waals surface area contributed by atoms with Crippen molar-refractivity contribution in [3.8, 4) is 0 Å². The van der Waals surface area contributed by atoms with E-state index >= 15 is 0 Å². The van der Waals surface area contributed by atoms with Crippen LogP contribution in [-0.2, 0) is 20.1 Å². The van der Waals surface area contributed by atoms with E-state index in [1.54, 1.807) is 0 Å². The Labute approximate surface area is 131 Å². The Morgan fingerprint density at radius 1 is 1.20 bits per heavy atom. The van der Waals surface area contributed by atoms with Gasteiger partial charge in [-0.15, -0.1) is 11.5 Å². The molecule has 0 N–H and O–H groups in total. The fraction of sp³-hybridized carbons (Fsp3) is 0.118. The van der Waals surface area contributed by atoms with Gasteiger partial charge in [0.05, 0.1) is 0 Å². The van der Waals surface area contributed by atoms with Crippen LogP contribution in [0.1, 0.15) is 11.5 Å². The number of benzene rings is 2. The molecule has 0 spiro atoms. The number of hydrogen-bond donors (Lipinski definition) is 0. The molecule has 1 aromatic heterocycles. The first kappa shape index (κ1) is 13.4. The van der Waals surface area contributed by atoms with Crippen molar-refractivity contribution < 1.29 is 24.5 Å². The van der Waals surface area contributed by atoms with Crippen molar-refractivity contribution in [2.75, 3.05) is 7.05 Å². The van der Waals surface area contributed by atoms with Gasteiger partial charge in [0.15, 0.2) is 0 Å². The maximum Gasteiger partial charge on any atom is 0.116 e. The summed E-state index contributed by atoms with van der Waals surface area (Å²) in [5.74, 6) is 0.245. The molecule has 1 aliphatic rings. The summed E-state index contributed by atoms with van der Waals surface area (Å²) in [5.41, 5.74) is 2.99. The van der Waals surface area contributed by atoms with Gasteiger partial charge in [-0.1, -0.05) is 29.7 Å². The zero-order valence-corrected chi connectivity index (χ0v) is 13.4. The summed E-state index contributed by atoms with van der Waals surface area (Å²) in [6, 6.07) is 15.6. The van der Waals surface area contributed by atoms with E-state index in [1.807, 2.05) is 31.3 Å². The van der Waals surface area contributed by atoms with E-state index in [1.165, 1.54) is 10.8 Å². The van der Waals surface area contributed by atoms with Crippen molar-refractivity contribution in [2.24, 2.45) is 0 Å². The molecule has 0 saturated carbocycles. The SMILES string of the molecule is CN1C=CC(c2[c-]ccc3c2oc2ccccc23)[CH-]1.[Ir]. The summed E-state index contributed by atoms with van der Waals surface area (Å²) < 4.78 is 6.03. The van der Waals surface area contributed by atoms with Gasteiger partial charge in [-0.05, 0) is 19.3 Å². The number of likely N-dealkylation sites (N-methyl/N-ethyl adjacent to an activating group) is 1. The predicted octanol–water partition coefficient (Wildman–Crippen LogP) is 4.09. The van der Waals surface area contributed by atoms with Crippen LogP contribution in [0.25, 0.3) is 21.9 Å². The van der Waals surface area contributed by atoms with E-state index in [4.69, 9.17) is 4.42 Å². The molecule has 2 aromatic carbocycles. The Bertz CT molecular complexity index is 790. The number of furan rings is 1.